The number of rotatable bonds is 4. The van der Waals surface area contributed by atoms with E-state index in [0.29, 0.717) is 5.69 Å². The quantitative estimate of drug-likeness (QED) is 0.660. The lowest BCUT2D eigenvalue weighted by molar-refractivity contribution is -0.123. The SMILES string of the molecule is Cc1nc2ccc(NC(=O)CNC(=O)CN)cc2[nH]1.Cl.Cl. The molecule has 0 atom stereocenters. The summed E-state index contributed by atoms with van der Waals surface area (Å²) in [4.78, 5) is 29.8. The molecule has 2 rings (SSSR count). The van der Waals surface area contributed by atoms with E-state index >= 15 is 0 Å². The van der Waals surface area contributed by atoms with Crippen molar-refractivity contribution in [2.24, 2.45) is 5.73 Å². The lowest BCUT2D eigenvalue weighted by atomic mass is 10.2. The van der Waals surface area contributed by atoms with Crippen molar-refractivity contribution in [2.75, 3.05) is 18.4 Å². The highest BCUT2D eigenvalue weighted by Crippen LogP contribution is 2.16. The van der Waals surface area contributed by atoms with Gasteiger partial charge in [0.1, 0.15) is 5.82 Å². The van der Waals surface area contributed by atoms with Crippen molar-refractivity contribution in [3.05, 3.63) is 24.0 Å². The highest BCUT2D eigenvalue weighted by molar-refractivity contribution is 5.96. The van der Waals surface area contributed by atoms with Crippen molar-refractivity contribution in [3.63, 3.8) is 0 Å². The van der Waals surface area contributed by atoms with Crippen LogP contribution in [0.15, 0.2) is 18.2 Å². The molecule has 1 heterocycles. The second-order valence-corrected chi connectivity index (χ2v) is 4.08. The number of imidazole rings is 1. The molecule has 0 fully saturated rings. The van der Waals surface area contributed by atoms with Crippen molar-refractivity contribution in [2.45, 2.75) is 6.92 Å². The molecule has 0 bridgehead atoms. The van der Waals surface area contributed by atoms with Crippen molar-refractivity contribution in [1.29, 1.82) is 0 Å². The predicted molar refractivity (Wildman–Crippen MR) is 86.0 cm³/mol. The molecule has 5 N–H and O–H groups in total. The summed E-state index contributed by atoms with van der Waals surface area (Å²) < 4.78 is 0. The van der Waals surface area contributed by atoms with Gasteiger partial charge in [-0.1, -0.05) is 0 Å². The first-order chi connectivity index (χ1) is 9.08. The van der Waals surface area contributed by atoms with Crippen molar-refractivity contribution in [3.8, 4) is 0 Å². The van der Waals surface area contributed by atoms with Gasteiger partial charge in [0.15, 0.2) is 0 Å². The van der Waals surface area contributed by atoms with Crippen LogP contribution in [0.25, 0.3) is 11.0 Å². The van der Waals surface area contributed by atoms with Gasteiger partial charge >= 0.3 is 0 Å². The Labute approximate surface area is 133 Å². The van der Waals surface area contributed by atoms with Gasteiger partial charge in [-0.05, 0) is 25.1 Å². The smallest absolute Gasteiger partial charge is 0.243 e. The Morgan fingerprint density at radius 2 is 2.00 bits per heavy atom. The first-order valence-corrected chi connectivity index (χ1v) is 5.81. The van der Waals surface area contributed by atoms with Gasteiger partial charge in [-0.2, -0.15) is 0 Å². The molecule has 0 saturated heterocycles. The number of hydrogen-bond donors (Lipinski definition) is 4. The molecule has 2 aromatic rings. The molecule has 0 saturated carbocycles. The van der Waals surface area contributed by atoms with Crippen LogP contribution in [-0.2, 0) is 9.59 Å². The van der Waals surface area contributed by atoms with Crippen LogP contribution in [0.2, 0.25) is 0 Å². The number of aryl methyl sites for hydroxylation is 1. The molecule has 2 amide bonds. The second-order valence-electron chi connectivity index (χ2n) is 4.08. The standard InChI is InChI=1S/C12H15N5O2.2ClH/c1-7-15-9-3-2-8(4-10(9)16-7)17-12(19)6-14-11(18)5-13;;/h2-4H,5-6,13H2,1H3,(H,14,18)(H,15,16)(H,17,19);2*1H. The van der Waals surface area contributed by atoms with Gasteiger partial charge in [-0.25, -0.2) is 4.98 Å². The minimum atomic E-state index is -0.366. The summed E-state index contributed by atoms with van der Waals surface area (Å²) in [6, 6.07) is 5.36. The number of nitrogens with two attached hydrogens (primary N) is 1. The van der Waals surface area contributed by atoms with Crippen LogP contribution in [0.3, 0.4) is 0 Å². The number of halogens is 2. The summed E-state index contributed by atoms with van der Waals surface area (Å²) in [5.41, 5.74) is 7.45. The molecule has 0 aliphatic rings. The number of amides is 2. The molecule has 7 nitrogen and oxygen atoms in total. The highest BCUT2D eigenvalue weighted by atomic mass is 35.5. The summed E-state index contributed by atoms with van der Waals surface area (Å²) in [5.74, 6) is 0.140. The summed E-state index contributed by atoms with van der Waals surface area (Å²) >= 11 is 0. The van der Waals surface area contributed by atoms with E-state index < -0.39 is 0 Å². The third-order valence-electron chi connectivity index (χ3n) is 2.52. The third kappa shape index (κ3) is 5.22. The highest BCUT2D eigenvalue weighted by Gasteiger charge is 2.06. The van der Waals surface area contributed by atoms with Crippen LogP contribution in [0.4, 0.5) is 5.69 Å². The Bertz CT molecular complexity index is 629. The van der Waals surface area contributed by atoms with Crippen LogP contribution in [0.1, 0.15) is 5.82 Å². The van der Waals surface area contributed by atoms with E-state index in [1.54, 1.807) is 12.1 Å². The minimum absolute atomic E-state index is 0. The molecule has 21 heavy (non-hydrogen) atoms. The van der Waals surface area contributed by atoms with E-state index in [9.17, 15) is 9.59 Å². The number of benzene rings is 1. The summed E-state index contributed by atoms with van der Waals surface area (Å²) in [6.07, 6.45) is 0. The molecule has 0 unspecified atom stereocenters. The average molecular weight is 334 g/mol. The Morgan fingerprint density at radius 3 is 2.67 bits per heavy atom. The molecule has 116 valence electrons. The zero-order chi connectivity index (χ0) is 13.8. The lowest BCUT2D eigenvalue weighted by Crippen LogP contribution is -2.36. The number of nitrogens with one attached hydrogen (secondary N) is 3. The summed E-state index contributed by atoms with van der Waals surface area (Å²) in [5, 5.41) is 5.08. The maximum atomic E-state index is 11.6. The number of aromatic amines is 1. The molecule has 0 spiro atoms. The van der Waals surface area contributed by atoms with E-state index in [4.69, 9.17) is 5.73 Å². The maximum absolute atomic E-state index is 11.6. The number of H-pyrrole nitrogens is 1. The molecule has 1 aromatic carbocycles. The Hall–Kier alpha value is -1.83. The predicted octanol–water partition coefficient (Wildman–Crippen LogP) is 0.728. The monoisotopic (exact) mass is 333 g/mol. The van der Waals surface area contributed by atoms with Crippen LogP contribution in [0.5, 0.6) is 0 Å². The van der Waals surface area contributed by atoms with E-state index in [1.807, 2.05) is 13.0 Å². The molecule has 0 aliphatic heterocycles. The fourth-order valence-electron chi connectivity index (χ4n) is 1.67. The molecule has 1 aromatic heterocycles. The van der Waals surface area contributed by atoms with Gasteiger partial charge in [0.05, 0.1) is 24.1 Å². The van der Waals surface area contributed by atoms with Crippen molar-refractivity contribution < 1.29 is 9.59 Å². The van der Waals surface area contributed by atoms with Gasteiger partial charge in [0.25, 0.3) is 0 Å². The van der Waals surface area contributed by atoms with Crippen LogP contribution < -0.4 is 16.4 Å². The van der Waals surface area contributed by atoms with Crippen LogP contribution >= 0.6 is 24.8 Å². The fraction of sp³-hybridized carbons (Fsp3) is 0.250. The molecule has 9 heteroatoms. The maximum Gasteiger partial charge on any atom is 0.243 e. The molecular formula is C12H17Cl2N5O2. The van der Waals surface area contributed by atoms with Crippen LogP contribution in [0, 0.1) is 6.92 Å². The van der Waals surface area contributed by atoms with Gasteiger partial charge in [0, 0.05) is 5.69 Å². The fourth-order valence-corrected chi connectivity index (χ4v) is 1.67. The number of nitrogens with zero attached hydrogens (tertiary/aromatic N) is 1. The van der Waals surface area contributed by atoms with Gasteiger partial charge in [0.2, 0.25) is 11.8 Å². The normalized spacial score (nSPS) is 9.43. The molecular weight excluding hydrogens is 317 g/mol. The first-order valence-electron chi connectivity index (χ1n) is 5.81. The summed E-state index contributed by atoms with van der Waals surface area (Å²) in [7, 11) is 0. The zero-order valence-corrected chi connectivity index (χ0v) is 12.9. The Kier molecular flexibility index (Phi) is 7.72. The first kappa shape index (κ1) is 19.2. The van der Waals surface area contributed by atoms with E-state index in [0.717, 1.165) is 16.9 Å². The Balaban J connectivity index is 0.00000200. The van der Waals surface area contributed by atoms with Gasteiger partial charge in [-0.15, -0.1) is 24.8 Å². The number of aromatic nitrogens is 2. The number of carbonyl (C=O) groups is 2. The number of carbonyl (C=O) groups excluding carboxylic acids is 2. The van der Waals surface area contributed by atoms with Crippen molar-refractivity contribution >= 4 is 53.3 Å². The lowest BCUT2D eigenvalue weighted by Gasteiger charge is -2.06. The van der Waals surface area contributed by atoms with E-state index in [-0.39, 0.29) is 49.7 Å². The molecule has 0 radical (unpaired) electrons. The topological polar surface area (TPSA) is 113 Å². The van der Waals surface area contributed by atoms with Gasteiger partial charge < -0.3 is 21.4 Å². The summed E-state index contributed by atoms with van der Waals surface area (Å²) in [6.45, 7) is 1.63. The number of fused-ring (bicyclic) bond motifs is 1. The van der Waals surface area contributed by atoms with Gasteiger partial charge in [-0.3, -0.25) is 9.59 Å². The number of hydrogen-bond acceptors (Lipinski definition) is 4. The van der Waals surface area contributed by atoms with Crippen molar-refractivity contribution in [1.82, 2.24) is 15.3 Å². The zero-order valence-electron chi connectivity index (χ0n) is 11.3. The minimum Gasteiger partial charge on any atom is -0.346 e. The Morgan fingerprint density at radius 1 is 1.29 bits per heavy atom. The van der Waals surface area contributed by atoms with E-state index in [1.165, 1.54) is 0 Å². The van der Waals surface area contributed by atoms with E-state index in [2.05, 4.69) is 20.6 Å². The second kappa shape index (κ2) is 8.46. The number of anilines is 1. The molecule has 0 aliphatic carbocycles. The average Bonchev–Trinajstić information content (AvgIpc) is 2.75. The largest absolute Gasteiger partial charge is 0.346 e. The van der Waals surface area contributed by atoms with Crippen LogP contribution in [-0.4, -0.2) is 34.9 Å². The third-order valence-corrected chi connectivity index (χ3v) is 2.52.